The van der Waals surface area contributed by atoms with Crippen molar-refractivity contribution in [3.8, 4) is 36.1 Å². The summed E-state index contributed by atoms with van der Waals surface area (Å²) in [5.41, 5.74) is 8.19. The van der Waals surface area contributed by atoms with Gasteiger partial charge in [-0.2, -0.15) is 0 Å². The maximum Gasteiger partial charge on any atom is 0.267 e. The van der Waals surface area contributed by atoms with Gasteiger partial charge < -0.3 is 15.7 Å². The van der Waals surface area contributed by atoms with Crippen LogP contribution in [0.2, 0.25) is 0 Å². The van der Waals surface area contributed by atoms with E-state index in [9.17, 15) is 9.59 Å². The van der Waals surface area contributed by atoms with Gasteiger partial charge >= 0.3 is 0 Å². The molecule has 0 atom stereocenters. The molecule has 146 valence electrons. The highest BCUT2D eigenvalue weighted by atomic mass is 16.3. The predicted octanol–water partition coefficient (Wildman–Crippen LogP) is 1.24. The first-order valence-corrected chi connectivity index (χ1v) is 8.18. The van der Waals surface area contributed by atoms with Crippen LogP contribution in [0.25, 0.3) is 11.4 Å². The van der Waals surface area contributed by atoms with Crippen LogP contribution in [0.1, 0.15) is 28.5 Å². The summed E-state index contributed by atoms with van der Waals surface area (Å²) in [4.78, 5) is 30.5. The van der Waals surface area contributed by atoms with Gasteiger partial charge in [0.15, 0.2) is 5.82 Å². The number of hydrogen-bond donors (Lipinski definition) is 2. The molecule has 28 heavy (non-hydrogen) atoms. The SMILES string of the molecule is C#C.CC#Cc1cc(C)cc(-c2nccc(C(N)=O)n2)c1.CN(C=O)CCO. The zero-order chi connectivity index (χ0) is 21.5. The molecule has 3 N–H and O–H groups in total. The number of carbonyl (C=O) groups excluding carboxylic acids is 2. The molecule has 0 unspecified atom stereocenters. The van der Waals surface area contributed by atoms with E-state index in [0.717, 1.165) is 16.7 Å². The van der Waals surface area contributed by atoms with Crippen molar-refractivity contribution < 1.29 is 14.7 Å². The summed E-state index contributed by atoms with van der Waals surface area (Å²) in [6.45, 7) is 4.22. The lowest BCUT2D eigenvalue weighted by atomic mass is 10.1. The van der Waals surface area contributed by atoms with Crippen molar-refractivity contribution in [2.75, 3.05) is 20.2 Å². The topological polar surface area (TPSA) is 109 Å². The van der Waals surface area contributed by atoms with E-state index in [4.69, 9.17) is 10.8 Å². The Kier molecular flexibility index (Phi) is 11.7. The van der Waals surface area contributed by atoms with Crippen molar-refractivity contribution >= 4 is 12.3 Å². The molecule has 0 aliphatic carbocycles. The van der Waals surface area contributed by atoms with Gasteiger partial charge in [-0.1, -0.05) is 5.92 Å². The van der Waals surface area contributed by atoms with Gasteiger partial charge in [-0.3, -0.25) is 9.59 Å². The summed E-state index contributed by atoms with van der Waals surface area (Å²) in [7, 11) is 1.61. The van der Waals surface area contributed by atoms with Crippen molar-refractivity contribution in [1.82, 2.24) is 14.9 Å². The number of hydrogen-bond acceptors (Lipinski definition) is 5. The third kappa shape index (κ3) is 8.61. The summed E-state index contributed by atoms with van der Waals surface area (Å²) in [6, 6.07) is 7.32. The summed E-state index contributed by atoms with van der Waals surface area (Å²) >= 11 is 0. The second kappa shape index (κ2) is 13.5. The molecule has 1 aromatic carbocycles. The molecule has 0 bridgehead atoms. The maximum absolute atomic E-state index is 11.1. The Hall–Kier alpha value is -3.68. The smallest absolute Gasteiger partial charge is 0.267 e. The molecule has 2 rings (SSSR count). The van der Waals surface area contributed by atoms with Crippen LogP contribution in [-0.4, -0.2) is 52.5 Å². The van der Waals surface area contributed by atoms with Gasteiger partial charge in [-0.25, -0.2) is 9.97 Å². The van der Waals surface area contributed by atoms with E-state index in [1.807, 2.05) is 25.1 Å². The highest BCUT2D eigenvalue weighted by molar-refractivity contribution is 5.91. The van der Waals surface area contributed by atoms with Crippen molar-refractivity contribution in [2.45, 2.75) is 13.8 Å². The molecule has 7 nitrogen and oxygen atoms in total. The molecule has 1 heterocycles. The minimum Gasteiger partial charge on any atom is -0.395 e. The molecule has 0 spiro atoms. The summed E-state index contributed by atoms with van der Waals surface area (Å²) in [5.74, 6) is 5.76. The largest absolute Gasteiger partial charge is 0.395 e. The number of likely N-dealkylation sites (N-methyl/N-ethyl adjacent to an activating group) is 1. The average Bonchev–Trinajstić information content (AvgIpc) is 2.70. The molecule has 0 saturated carbocycles. The van der Waals surface area contributed by atoms with E-state index < -0.39 is 5.91 Å². The molecular formula is C21H24N4O3. The normalized spacial score (nSPS) is 8.64. The Labute approximate surface area is 165 Å². The summed E-state index contributed by atoms with van der Waals surface area (Å²) in [6.07, 6.45) is 10.2. The zero-order valence-corrected chi connectivity index (χ0v) is 16.2. The Bertz CT molecular complexity index is 867. The van der Waals surface area contributed by atoms with Gasteiger partial charge in [0.25, 0.3) is 5.91 Å². The molecule has 7 heteroatoms. The first-order chi connectivity index (χ1) is 13.4. The van der Waals surface area contributed by atoms with Crippen LogP contribution in [0, 0.1) is 31.6 Å². The molecule has 0 saturated heterocycles. The van der Waals surface area contributed by atoms with E-state index in [2.05, 4.69) is 34.7 Å². The lowest BCUT2D eigenvalue weighted by Crippen LogP contribution is -2.19. The zero-order valence-electron chi connectivity index (χ0n) is 16.2. The Morgan fingerprint density at radius 1 is 1.36 bits per heavy atom. The van der Waals surface area contributed by atoms with Gasteiger partial charge in [0.1, 0.15) is 5.69 Å². The fourth-order valence-corrected chi connectivity index (χ4v) is 1.97. The highest BCUT2D eigenvalue weighted by Crippen LogP contribution is 2.18. The molecule has 1 aromatic heterocycles. The number of nitrogens with two attached hydrogens (primary N) is 1. The van der Waals surface area contributed by atoms with Crippen LogP contribution in [0.5, 0.6) is 0 Å². The first-order valence-electron chi connectivity index (χ1n) is 8.18. The minimum atomic E-state index is -0.565. The third-order valence-electron chi connectivity index (χ3n) is 3.15. The first kappa shape index (κ1) is 24.3. The number of aliphatic hydroxyl groups excluding tert-OH is 1. The monoisotopic (exact) mass is 380 g/mol. The Morgan fingerprint density at radius 2 is 2.04 bits per heavy atom. The van der Waals surface area contributed by atoms with E-state index in [1.54, 1.807) is 14.0 Å². The van der Waals surface area contributed by atoms with Crippen LogP contribution < -0.4 is 5.73 Å². The van der Waals surface area contributed by atoms with Gasteiger partial charge in [-0.15, -0.1) is 18.8 Å². The quantitative estimate of drug-likeness (QED) is 0.599. The second-order valence-corrected chi connectivity index (χ2v) is 5.40. The number of benzene rings is 1. The number of primary amides is 1. The average molecular weight is 380 g/mol. The molecule has 0 fully saturated rings. The van der Waals surface area contributed by atoms with Crippen molar-refractivity contribution in [3.05, 3.63) is 47.3 Å². The fraction of sp³-hybridized carbons (Fsp3) is 0.238. The van der Waals surface area contributed by atoms with Crippen LogP contribution in [0.3, 0.4) is 0 Å². The summed E-state index contributed by atoms with van der Waals surface area (Å²) in [5, 5.41) is 8.17. The number of terminal acetylenes is 1. The molecule has 0 aliphatic rings. The molecule has 0 radical (unpaired) electrons. The maximum atomic E-state index is 11.1. The number of aryl methyl sites for hydroxylation is 1. The van der Waals surface area contributed by atoms with Gasteiger partial charge in [0.2, 0.25) is 6.41 Å². The number of aliphatic hydroxyl groups is 1. The van der Waals surface area contributed by atoms with E-state index in [1.165, 1.54) is 17.2 Å². The number of nitrogens with zero attached hydrogens (tertiary/aromatic N) is 3. The van der Waals surface area contributed by atoms with Crippen LogP contribution in [-0.2, 0) is 4.79 Å². The summed E-state index contributed by atoms with van der Waals surface area (Å²) < 4.78 is 0. The van der Waals surface area contributed by atoms with Crippen LogP contribution in [0.4, 0.5) is 0 Å². The standard InChI is InChI=1S/C15H13N3O.C4H9NO2.C2H2/c1-3-4-11-7-10(2)8-12(9-11)15-17-6-5-13(18-15)14(16)19;1-5(4-7)2-3-6;1-2/h5-9H,1-2H3,(H2,16,19);4,6H,2-3H2,1H3;1-2H. The lowest BCUT2D eigenvalue weighted by Gasteiger charge is -2.04. The molecular weight excluding hydrogens is 356 g/mol. The van der Waals surface area contributed by atoms with Crippen molar-refractivity contribution in [1.29, 1.82) is 0 Å². The predicted molar refractivity (Wildman–Crippen MR) is 109 cm³/mol. The number of rotatable bonds is 5. The van der Waals surface area contributed by atoms with Gasteiger partial charge in [0.05, 0.1) is 6.61 Å². The second-order valence-electron chi connectivity index (χ2n) is 5.40. The fourth-order valence-electron chi connectivity index (χ4n) is 1.97. The molecule has 2 amide bonds. The van der Waals surface area contributed by atoms with E-state index >= 15 is 0 Å². The van der Waals surface area contributed by atoms with Crippen LogP contribution >= 0.6 is 0 Å². The van der Waals surface area contributed by atoms with Crippen LogP contribution in [0.15, 0.2) is 30.5 Å². The molecule has 0 aliphatic heterocycles. The minimum absolute atomic E-state index is 0.0369. The van der Waals surface area contributed by atoms with Gasteiger partial charge in [-0.05, 0) is 43.7 Å². The van der Waals surface area contributed by atoms with E-state index in [-0.39, 0.29) is 12.3 Å². The molecule has 2 aromatic rings. The third-order valence-corrected chi connectivity index (χ3v) is 3.15. The van der Waals surface area contributed by atoms with Crippen molar-refractivity contribution in [3.63, 3.8) is 0 Å². The Morgan fingerprint density at radius 3 is 2.54 bits per heavy atom. The Balaban J connectivity index is 0.000000688. The highest BCUT2D eigenvalue weighted by Gasteiger charge is 2.07. The number of aromatic nitrogens is 2. The number of amides is 2. The number of carbonyl (C=O) groups is 2. The lowest BCUT2D eigenvalue weighted by molar-refractivity contribution is -0.117. The van der Waals surface area contributed by atoms with E-state index in [0.29, 0.717) is 18.8 Å². The van der Waals surface area contributed by atoms with Crippen molar-refractivity contribution in [2.24, 2.45) is 5.73 Å². The van der Waals surface area contributed by atoms with Gasteiger partial charge in [0, 0.05) is 30.9 Å².